The van der Waals surface area contributed by atoms with E-state index in [0.717, 1.165) is 12.1 Å². The molecule has 0 radical (unpaired) electrons. The van der Waals surface area contributed by atoms with Gasteiger partial charge in [-0.1, -0.05) is 28.1 Å². The molecule has 1 unspecified atom stereocenters. The fourth-order valence-corrected chi connectivity index (χ4v) is 2.25. The van der Waals surface area contributed by atoms with Crippen LogP contribution in [0.25, 0.3) is 0 Å². The van der Waals surface area contributed by atoms with Gasteiger partial charge in [-0.3, -0.25) is 4.79 Å². The minimum atomic E-state index is -1.18. The minimum absolute atomic E-state index is 0.0563. The van der Waals surface area contributed by atoms with Crippen LogP contribution < -0.4 is 0 Å². The van der Waals surface area contributed by atoms with Gasteiger partial charge in [-0.25, -0.2) is 8.78 Å². The van der Waals surface area contributed by atoms with Crippen molar-refractivity contribution in [3.63, 3.8) is 0 Å². The highest BCUT2D eigenvalue weighted by molar-refractivity contribution is 9.10. The molecule has 2 rings (SSSR count). The molecule has 1 atom stereocenters. The molecular weight excluding hydrogens is 328 g/mol. The summed E-state index contributed by atoms with van der Waals surface area (Å²) >= 11 is 3.14. The number of hydrogen-bond acceptors (Lipinski definition) is 2. The highest BCUT2D eigenvalue weighted by atomic mass is 79.9. The molecule has 0 aliphatic heterocycles. The number of benzene rings is 2. The van der Waals surface area contributed by atoms with Crippen LogP contribution in [-0.2, 0) is 0 Å². The van der Waals surface area contributed by atoms with Crippen LogP contribution in [0.5, 0.6) is 0 Å². The van der Waals surface area contributed by atoms with Gasteiger partial charge < -0.3 is 0 Å². The molecule has 2 nitrogen and oxygen atoms in total. The molecule has 0 saturated carbocycles. The van der Waals surface area contributed by atoms with Crippen molar-refractivity contribution >= 4 is 21.7 Å². The lowest BCUT2D eigenvalue weighted by molar-refractivity contribution is 0.0977. The van der Waals surface area contributed by atoms with Gasteiger partial charge in [0.05, 0.1) is 6.07 Å². The van der Waals surface area contributed by atoms with Crippen molar-refractivity contribution in [2.24, 2.45) is 0 Å². The van der Waals surface area contributed by atoms with Crippen molar-refractivity contribution in [3.8, 4) is 6.07 Å². The van der Waals surface area contributed by atoms with Gasteiger partial charge in [0.15, 0.2) is 5.78 Å². The third-order valence-electron chi connectivity index (χ3n) is 2.77. The number of rotatable bonds is 3. The van der Waals surface area contributed by atoms with Crippen molar-refractivity contribution in [1.29, 1.82) is 5.26 Å². The highest BCUT2D eigenvalue weighted by Gasteiger charge is 2.24. The average molecular weight is 336 g/mol. The first-order chi connectivity index (χ1) is 9.52. The summed E-state index contributed by atoms with van der Waals surface area (Å²) in [6.45, 7) is 0. The number of hydrogen-bond donors (Lipinski definition) is 0. The van der Waals surface area contributed by atoms with Crippen molar-refractivity contribution in [1.82, 2.24) is 0 Å². The second-order valence-electron chi connectivity index (χ2n) is 4.11. The maximum absolute atomic E-state index is 13.2. The lowest BCUT2D eigenvalue weighted by Gasteiger charge is -2.10. The Morgan fingerprint density at radius 3 is 2.50 bits per heavy atom. The summed E-state index contributed by atoms with van der Waals surface area (Å²) in [6, 6.07) is 10.7. The Balaban J connectivity index is 2.45. The molecule has 2 aromatic carbocycles. The zero-order valence-corrected chi connectivity index (χ0v) is 11.7. The lowest BCUT2D eigenvalue weighted by Crippen LogP contribution is -2.12. The third kappa shape index (κ3) is 2.91. The quantitative estimate of drug-likeness (QED) is 0.788. The predicted octanol–water partition coefficient (Wildman–Crippen LogP) is 4.22. The maximum atomic E-state index is 13.2. The molecule has 0 aromatic heterocycles. The smallest absolute Gasteiger partial charge is 0.185 e. The zero-order chi connectivity index (χ0) is 14.7. The first-order valence-electron chi connectivity index (χ1n) is 5.67. The van der Waals surface area contributed by atoms with Gasteiger partial charge in [-0.15, -0.1) is 0 Å². The highest BCUT2D eigenvalue weighted by Crippen LogP contribution is 2.26. The lowest BCUT2D eigenvalue weighted by atomic mass is 9.92. The second-order valence-corrected chi connectivity index (χ2v) is 4.96. The molecule has 0 aliphatic rings. The predicted molar refractivity (Wildman–Crippen MR) is 73.2 cm³/mol. The number of Topliss-reactive ketones (excluding diaryl/α,β-unsaturated/α-hetero) is 1. The van der Waals surface area contributed by atoms with Crippen LogP contribution in [0.15, 0.2) is 46.9 Å². The van der Waals surface area contributed by atoms with Gasteiger partial charge in [-0.05, 0) is 35.9 Å². The van der Waals surface area contributed by atoms with Gasteiger partial charge in [0.25, 0.3) is 0 Å². The van der Waals surface area contributed by atoms with Crippen LogP contribution in [0.4, 0.5) is 8.78 Å². The molecule has 0 spiro atoms. The molecule has 0 fully saturated rings. The molecule has 5 heteroatoms. The minimum Gasteiger partial charge on any atom is -0.292 e. The normalized spacial score (nSPS) is 11.7. The number of nitrogens with zero attached hydrogens (tertiary/aromatic N) is 1. The molecular formula is C15H8BrF2NO. The Morgan fingerprint density at radius 1 is 1.15 bits per heavy atom. The van der Waals surface area contributed by atoms with E-state index in [4.69, 9.17) is 5.26 Å². The monoisotopic (exact) mass is 335 g/mol. The van der Waals surface area contributed by atoms with Crippen LogP contribution in [0.1, 0.15) is 21.8 Å². The number of halogens is 3. The van der Waals surface area contributed by atoms with Crippen LogP contribution >= 0.6 is 15.9 Å². The SMILES string of the molecule is N#CC(C(=O)c1cc(F)ccc1Br)c1cccc(F)c1. The molecule has 0 heterocycles. The van der Waals surface area contributed by atoms with Crippen molar-refractivity contribution in [3.05, 3.63) is 69.7 Å². The molecule has 0 saturated heterocycles. The molecule has 20 heavy (non-hydrogen) atoms. The fraction of sp³-hybridized carbons (Fsp3) is 0.0667. The van der Waals surface area contributed by atoms with Gasteiger partial charge in [0.1, 0.15) is 17.6 Å². The van der Waals surface area contributed by atoms with E-state index < -0.39 is 23.3 Å². The fourth-order valence-electron chi connectivity index (χ4n) is 1.81. The Morgan fingerprint density at radius 2 is 1.85 bits per heavy atom. The van der Waals surface area contributed by atoms with Crippen LogP contribution in [0.3, 0.4) is 0 Å². The number of carbonyl (C=O) groups is 1. The van der Waals surface area contributed by atoms with E-state index >= 15 is 0 Å². The summed E-state index contributed by atoms with van der Waals surface area (Å²) < 4.78 is 26.8. The molecule has 0 amide bonds. The van der Waals surface area contributed by atoms with Crippen molar-refractivity contribution in [2.75, 3.05) is 0 Å². The van der Waals surface area contributed by atoms with E-state index in [2.05, 4.69) is 15.9 Å². The summed E-state index contributed by atoms with van der Waals surface area (Å²) in [6.07, 6.45) is 0. The summed E-state index contributed by atoms with van der Waals surface area (Å²) in [5, 5.41) is 9.16. The zero-order valence-electron chi connectivity index (χ0n) is 10.1. The largest absolute Gasteiger partial charge is 0.292 e. The van der Waals surface area contributed by atoms with Gasteiger partial charge in [0, 0.05) is 10.0 Å². The van der Waals surface area contributed by atoms with Gasteiger partial charge >= 0.3 is 0 Å². The number of ketones is 1. The van der Waals surface area contributed by atoms with Crippen LogP contribution in [-0.4, -0.2) is 5.78 Å². The molecule has 2 aromatic rings. The molecule has 100 valence electrons. The number of carbonyl (C=O) groups excluding carboxylic acids is 1. The first kappa shape index (κ1) is 14.4. The molecule has 0 aliphatic carbocycles. The maximum Gasteiger partial charge on any atom is 0.185 e. The molecule has 0 bridgehead atoms. The number of nitriles is 1. The van der Waals surface area contributed by atoms with E-state index in [9.17, 15) is 13.6 Å². The van der Waals surface area contributed by atoms with E-state index in [-0.39, 0.29) is 11.1 Å². The van der Waals surface area contributed by atoms with E-state index in [0.29, 0.717) is 4.47 Å². The Labute approximate surface area is 122 Å². The Kier molecular flexibility index (Phi) is 4.26. The second kappa shape index (κ2) is 5.93. The Bertz CT molecular complexity index is 709. The van der Waals surface area contributed by atoms with E-state index in [1.165, 1.54) is 30.3 Å². The van der Waals surface area contributed by atoms with E-state index in [1.54, 1.807) is 0 Å². The average Bonchev–Trinajstić information content (AvgIpc) is 2.42. The van der Waals surface area contributed by atoms with Crippen molar-refractivity contribution < 1.29 is 13.6 Å². The first-order valence-corrected chi connectivity index (χ1v) is 6.46. The third-order valence-corrected chi connectivity index (χ3v) is 3.46. The van der Waals surface area contributed by atoms with Gasteiger partial charge in [-0.2, -0.15) is 5.26 Å². The standard InChI is InChI=1S/C15H8BrF2NO/c16-14-5-4-11(18)7-12(14)15(20)13(8-19)9-2-1-3-10(17)6-9/h1-7,13H. The summed E-state index contributed by atoms with van der Waals surface area (Å²) in [5.41, 5.74) is 0.300. The summed E-state index contributed by atoms with van der Waals surface area (Å²) in [7, 11) is 0. The summed E-state index contributed by atoms with van der Waals surface area (Å²) in [4.78, 5) is 12.3. The van der Waals surface area contributed by atoms with Crippen LogP contribution in [0.2, 0.25) is 0 Å². The van der Waals surface area contributed by atoms with Crippen LogP contribution in [0, 0.1) is 23.0 Å². The molecule has 0 N–H and O–H groups in total. The summed E-state index contributed by atoms with van der Waals surface area (Å²) in [5.74, 6) is -2.87. The van der Waals surface area contributed by atoms with Gasteiger partial charge in [0.2, 0.25) is 0 Å². The van der Waals surface area contributed by atoms with Crippen molar-refractivity contribution in [2.45, 2.75) is 5.92 Å². The topological polar surface area (TPSA) is 40.9 Å². The van der Waals surface area contributed by atoms with E-state index in [1.807, 2.05) is 6.07 Å². The Hall–Kier alpha value is -2.06.